The Kier molecular flexibility index (Phi) is 4.23. The fraction of sp³-hybridized carbons (Fsp3) is 0.647. The minimum Gasteiger partial charge on any atom is -0.481 e. The van der Waals surface area contributed by atoms with Crippen LogP contribution in [-0.4, -0.2) is 30.1 Å². The Bertz CT molecular complexity index is 555. The highest BCUT2D eigenvalue weighted by Gasteiger charge is 2.36. The van der Waals surface area contributed by atoms with E-state index >= 15 is 0 Å². The van der Waals surface area contributed by atoms with Gasteiger partial charge in [-0.2, -0.15) is 0 Å². The molecule has 1 saturated carbocycles. The first-order valence-corrected chi connectivity index (χ1v) is 8.20. The lowest BCUT2D eigenvalue weighted by molar-refractivity contribution is -0.119. The van der Waals surface area contributed by atoms with Crippen LogP contribution in [0.1, 0.15) is 57.7 Å². The summed E-state index contributed by atoms with van der Waals surface area (Å²) in [5.74, 6) is 0.595. The molecule has 2 atom stereocenters. The Morgan fingerprint density at radius 2 is 2.09 bits per heavy atom. The number of nitrogens with one attached hydrogen (secondary N) is 1. The molecule has 0 saturated heterocycles. The number of pyridine rings is 1. The molecule has 1 aromatic rings. The van der Waals surface area contributed by atoms with Gasteiger partial charge in [-0.1, -0.05) is 12.8 Å². The van der Waals surface area contributed by atoms with Crippen molar-refractivity contribution < 1.29 is 9.53 Å². The number of amides is 1. The molecule has 0 bridgehead atoms. The second-order valence-corrected chi connectivity index (χ2v) is 6.44. The number of ether oxygens (including phenoxy) is 1. The lowest BCUT2D eigenvalue weighted by Gasteiger charge is -2.43. The number of aromatic nitrogens is 1. The van der Waals surface area contributed by atoms with Gasteiger partial charge >= 0.3 is 0 Å². The van der Waals surface area contributed by atoms with Crippen LogP contribution in [0.4, 0.5) is 5.69 Å². The molecule has 2 aliphatic rings. The minimum absolute atomic E-state index is 0.0120. The maximum atomic E-state index is 11.5. The van der Waals surface area contributed by atoms with Crippen LogP contribution in [0, 0.1) is 0 Å². The summed E-state index contributed by atoms with van der Waals surface area (Å²) in [4.78, 5) is 18.7. The predicted molar refractivity (Wildman–Crippen MR) is 86.2 cm³/mol. The van der Waals surface area contributed by atoms with E-state index in [4.69, 9.17) is 4.74 Å². The Morgan fingerprint density at radius 1 is 1.36 bits per heavy atom. The number of fused-ring (bicyclic) bond motifs is 1. The average molecular weight is 303 g/mol. The molecule has 0 aromatic carbocycles. The summed E-state index contributed by atoms with van der Waals surface area (Å²) in [6, 6.07) is 4.99. The van der Waals surface area contributed by atoms with E-state index in [1.54, 1.807) is 14.0 Å². The van der Waals surface area contributed by atoms with E-state index < -0.39 is 0 Å². The summed E-state index contributed by atoms with van der Waals surface area (Å²) in [6.07, 6.45) is 6.01. The molecule has 0 radical (unpaired) electrons. The second kappa shape index (κ2) is 6.15. The Hall–Kier alpha value is -1.78. The predicted octanol–water partition coefficient (Wildman–Crippen LogP) is 2.81. The Morgan fingerprint density at radius 3 is 2.73 bits per heavy atom. The van der Waals surface area contributed by atoms with Crippen LogP contribution in [-0.2, 0) is 4.79 Å². The highest BCUT2D eigenvalue weighted by Crippen LogP contribution is 2.41. The summed E-state index contributed by atoms with van der Waals surface area (Å²) in [5.41, 5.74) is 2.10. The number of carbonyl (C=O) groups is 1. The van der Waals surface area contributed by atoms with Crippen molar-refractivity contribution >= 4 is 11.6 Å². The molecule has 1 fully saturated rings. The first-order valence-electron chi connectivity index (χ1n) is 8.20. The number of rotatable bonds is 3. The van der Waals surface area contributed by atoms with Gasteiger partial charge in [0.25, 0.3) is 0 Å². The van der Waals surface area contributed by atoms with Gasteiger partial charge < -0.3 is 15.0 Å². The molecule has 0 unspecified atom stereocenters. The zero-order valence-electron chi connectivity index (χ0n) is 13.6. The van der Waals surface area contributed by atoms with Crippen molar-refractivity contribution in [2.75, 3.05) is 12.0 Å². The Labute approximate surface area is 132 Å². The number of hydrogen-bond acceptors (Lipinski definition) is 4. The van der Waals surface area contributed by atoms with Crippen molar-refractivity contribution in [3.05, 3.63) is 17.8 Å². The lowest BCUT2D eigenvalue weighted by atomic mass is 9.93. The van der Waals surface area contributed by atoms with Crippen molar-refractivity contribution in [3.8, 4) is 5.88 Å². The molecule has 5 heteroatoms. The zero-order valence-corrected chi connectivity index (χ0v) is 13.6. The van der Waals surface area contributed by atoms with Crippen molar-refractivity contribution in [1.29, 1.82) is 0 Å². The summed E-state index contributed by atoms with van der Waals surface area (Å²) in [5, 5.41) is 3.05. The van der Waals surface area contributed by atoms with Crippen molar-refractivity contribution in [2.45, 2.75) is 64.1 Å². The van der Waals surface area contributed by atoms with E-state index in [1.807, 2.05) is 6.07 Å². The van der Waals surface area contributed by atoms with Crippen molar-refractivity contribution in [1.82, 2.24) is 10.3 Å². The fourth-order valence-electron chi connectivity index (χ4n) is 3.95. The zero-order chi connectivity index (χ0) is 15.7. The quantitative estimate of drug-likeness (QED) is 0.933. The molecule has 3 rings (SSSR count). The second-order valence-electron chi connectivity index (χ2n) is 6.44. The number of hydrogen-bond donors (Lipinski definition) is 1. The highest BCUT2D eigenvalue weighted by atomic mass is 16.5. The minimum atomic E-state index is -0.0322. The first kappa shape index (κ1) is 15.1. The van der Waals surface area contributed by atoms with Crippen molar-refractivity contribution in [2.24, 2.45) is 0 Å². The van der Waals surface area contributed by atoms with Gasteiger partial charge in [-0.3, -0.25) is 4.79 Å². The number of carbonyl (C=O) groups excluding carboxylic acids is 1. The van der Waals surface area contributed by atoms with E-state index in [0.717, 1.165) is 17.8 Å². The molecule has 1 amide bonds. The van der Waals surface area contributed by atoms with E-state index in [-0.39, 0.29) is 11.9 Å². The van der Waals surface area contributed by atoms with Gasteiger partial charge in [0, 0.05) is 25.1 Å². The van der Waals surface area contributed by atoms with Gasteiger partial charge in [0.2, 0.25) is 11.8 Å². The summed E-state index contributed by atoms with van der Waals surface area (Å²) in [6.45, 7) is 3.81. The highest BCUT2D eigenvalue weighted by molar-refractivity contribution is 5.74. The third-order valence-electron chi connectivity index (χ3n) is 4.84. The van der Waals surface area contributed by atoms with Gasteiger partial charge in [-0.05, 0) is 32.3 Å². The Balaban J connectivity index is 2.00. The van der Waals surface area contributed by atoms with Crippen LogP contribution in [0.15, 0.2) is 12.1 Å². The summed E-state index contributed by atoms with van der Waals surface area (Å²) in [7, 11) is 1.63. The van der Waals surface area contributed by atoms with Crippen LogP contribution in [0.3, 0.4) is 0 Å². The van der Waals surface area contributed by atoms with E-state index in [1.165, 1.54) is 25.7 Å². The normalized spacial score (nSPS) is 25.0. The standard InChI is InChI=1S/C17H25N3O2/c1-11-10-14(18-12(2)21)17-15(8-9-16(19-17)22-3)20(11)13-6-4-5-7-13/h8-9,11,13-14H,4-7,10H2,1-3H3,(H,18,21)/t11-,14+/m1/s1. The maximum absolute atomic E-state index is 11.5. The lowest BCUT2D eigenvalue weighted by Crippen LogP contribution is -2.47. The van der Waals surface area contributed by atoms with Gasteiger partial charge in [-0.25, -0.2) is 4.98 Å². The molecular formula is C17H25N3O2. The SMILES string of the molecule is COc1ccc2c(n1)[C@@H](NC(C)=O)C[C@@H](C)N2C1CCCC1. The third-order valence-corrected chi connectivity index (χ3v) is 4.84. The molecule has 0 spiro atoms. The van der Waals surface area contributed by atoms with Gasteiger partial charge in [0.1, 0.15) is 0 Å². The molecule has 1 N–H and O–H groups in total. The van der Waals surface area contributed by atoms with E-state index in [9.17, 15) is 4.79 Å². The van der Waals surface area contributed by atoms with Crippen LogP contribution >= 0.6 is 0 Å². The van der Waals surface area contributed by atoms with E-state index in [2.05, 4.69) is 28.2 Å². The molecule has 5 nitrogen and oxygen atoms in total. The largest absolute Gasteiger partial charge is 0.481 e. The van der Waals surface area contributed by atoms with Gasteiger partial charge in [-0.15, -0.1) is 0 Å². The summed E-state index contributed by atoms with van der Waals surface area (Å²) < 4.78 is 5.28. The smallest absolute Gasteiger partial charge is 0.217 e. The first-order chi connectivity index (χ1) is 10.6. The van der Waals surface area contributed by atoms with Crippen LogP contribution < -0.4 is 15.0 Å². The molecule has 120 valence electrons. The maximum Gasteiger partial charge on any atom is 0.217 e. The molecule has 22 heavy (non-hydrogen) atoms. The van der Waals surface area contributed by atoms with E-state index in [0.29, 0.717) is 18.0 Å². The van der Waals surface area contributed by atoms with Crippen molar-refractivity contribution in [3.63, 3.8) is 0 Å². The van der Waals surface area contributed by atoms with Crippen LogP contribution in [0.25, 0.3) is 0 Å². The average Bonchev–Trinajstić information content (AvgIpc) is 3.00. The molecular weight excluding hydrogens is 278 g/mol. The van der Waals surface area contributed by atoms with Crippen LogP contribution in [0.2, 0.25) is 0 Å². The molecule has 1 aliphatic carbocycles. The summed E-state index contributed by atoms with van der Waals surface area (Å²) >= 11 is 0. The number of anilines is 1. The number of nitrogens with zero attached hydrogens (tertiary/aromatic N) is 2. The topological polar surface area (TPSA) is 54.5 Å². The third kappa shape index (κ3) is 2.76. The molecule has 2 heterocycles. The van der Waals surface area contributed by atoms with Gasteiger partial charge in [0.05, 0.1) is 24.5 Å². The van der Waals surface area contributed by atoms with Crippen LogP contribution in [0.5, 0.6) is 5.88 Å². The fourth-order valence-corrected chi connectivity index (χ4v) is 3.95. The molecule has 1 aliphatic heterocycles. The number of methoxy groups -OCH3 is 1. The van der Waals surface area contributed by atoms with Gasteiger partial charge in [0.15, 0.2) is 0 Å². The molecule has 1 aromatic heterocycles. The monoisotopic (exact) mass is 303 g/mol.